The highest BCUT2D eigenvalue weighted by Gasteiger charge is 2.29. The second kappa shape index (κ2) is 8.95. The van der Waals surface area contributed by atoms with E-state index in [1.165, 1.54) is 0 Å². The van der Waals surface area contributed by atoms with E-state index in [9.17, 15) is 4.79 Å². The van der Waals surface area contributed by atoms with Gasteiger partial charge in [-0.05, 0) is 19.8 Å². The molecule has 1 fully saturated rings. The minimum Gasteiger partial charge on any atom is -0.396 e. The van der Waals surface area contributed by atoms with Crippen LogP contribution in [0, 0.1) is 6.92 Å². The lowest BCUT2D eigenvalue weighted by Crippen LogP contribution is -2.36. The summed E-state index contributed by atoms with van der Waals surface area (Å²) in [7, 11) is 1.70. The van der Waals surface area contributed by atoms with Crippen molar-refractivity contribution in [3.05, 3.63) is 11.6 Å². The largest absolute Gasteiger partial charge is 0.396 e. The molecule has 0 aliphatic carbocycles. The first kappa shape index (κ1) is 17.8. The first-order valence-corrected chi connectivity index (χ1v) is 8.16. The summed E-state index contributed by atoms with van der Waals surface area (Å²) >= 11 is 0. The Labute approximate surface area is 136 Å². The first-order valence-electron chi connectivity index (χ1n) is 8.16. The molecule has 0 bridgehead atoms. The number of aromatic nitrogens is 3. The van der Waals surface area contributed by atoms with Crippen LogP contribution < -0.4 is 0 Å². The van der Waals surface area contributed by atoms with Crippen molar-refractivity contribution in [1.82, 2.24) is 25.0 Å². The summed E-state index contributed by atoms with van der Waals surface area (Å²) in [6.45, 7) is 5.50. The number of aryl methyl sites for hydroxylation is 1. The van der Waals surface area contributed by atoms with E-state index in [0.29, 0.717) is 19.7 Å². The van der Waals surface area contributed by atoms with E-state index in [4.69, 9.17) is 9.84 Å². The van der Waals surface area contributed by atoms with Crippen LogP contribution in [0.2, 0.25) is 0 Å². The number of nitrogens with one attached hydrogen (secondary N) is 1. The predicted molar refractivity (Wildman–Crippen MR) is 84.8 cm³/mol. The number of nitrogens with zero attached hydrogens (tertiary/aromatic N) is 4. The smallest absolute Gasteiger partial charge is 0.224 e. The minimum atomic E-state index is -0.101. The summed E-state index contributed by atoms with van der Waals surface area (Å²) in [5, 5.41) is 16.2. The maximum atomic E-state index is 12.1. The number of hydrogen-bond donors (Lipinski definition) is 2. The summed E-state index contributed by atoms with van der Waals surface area (Å²) in [6, 6.07) is 0.101. The molecule has 1 aromatic heterocycles. The van der Waals surface area contributed by atoms with E-state index in [-0.39, 0.29) is 25.0 Å². The normalized spacial score (nSPS) is 19.8. The van der Waals surface area contributed by atoms with Crippen LogP contribution in [0.3, 0.4) is 0 Å². The van der Waals surface area contributed by atoms with Gasteiger partial charge in [0.25, 0.3) is 0 Å². The van der Waals surface area contributed by atoms with Gasteiger partial charge >= 0.3 is 0 Å². The zero-order chi connectivity index (χ0) is 16.7. The van der Waals surface area contributed by atoms with Gasteiger partial charge in [0.15, 0.2) is 5.82 Å². The lowest BCUT2D eigenvalue weighted by Gasteiger charge is -2.27. The molecule has 8 heteroatoms. The van der Waals surface area contributed by atoms with Gasteiger partial charge in [0.2, 0.25) is 5.91 Å². The Morgan fingerprint density at radius 2 is 2.26 bits per heavy atom. The van der Waals surface area contributed by atoms with Crippen LogP contribution in [0.15, 0.2) is 0 Å². The van der Waals surface area contributed by atoms with Crippen molar-refractivity contribution in [3.8, 4) is 0 Å². The van der Waals surface area contributed by atoms with Gasteiger partial charge in [-0.25, -0.2) is 4.98 Å². The van der Waals surface area contributed by atoms with Crippen LogP contribution >= 0.6 is 0 Å². The maximum absolute atomic E-state index is 12.1. The Morgan fingerprint density at radius 3 is 2.91 bits per heavy atom. The van der Waals surface area contributed by atoms with Gasteiger partial charge in [-0.2, -0.15) is 5.10 Å². The fourth-order valence-electron chi connectivity index (χ4n) is 2.96. The molecule has 1 unspecified atom stereocenters. The number of amides is 1. The molecule has 23 heavy (non-hydrogen) atoms. The number of aromatic amines is 1. The van der Waals surface area contributed by atoms with Crippen LogP contribution in [0.4, 0.5) is 0 Å². The van der Waals surface area contributed by atoms with Crippen LogP contribution in [0.5, 0.6) is 0 Å². The van der Waals surface area contributed by atoms with Crippen molar-refractivity contribution >= 4 is 5.91 Å². The molecule has 0 radical (unpaired) electrons. The van der Waals surface area contributed by atoms with Gasteiger partial charge in [-0.3, -0.25) is 14.8 Å². The average Bonchev–Trinajstić information content (AvgIpc) is 2.84. The van der Waals surface area contributed by atoms with E-state index in [0.717, 1.165) is 37.6 Å². The molecule has 8 nitrogen and oxygen atoms in total. The Morgan fingerprint density at radius 1 is 1.43 bits per heavy atom. The molecule has 1 aliphatic rings. The molecule has 1 aliphatic heterocycles. The molecule has 130 valence electrons. The van der Waals surface area contributed by atoms with Crippen molar-refractivity contribution in [1.29, 1.82) is 0 Å². The zero-order valence-electron chi connectivity index (χ0n) is 14.0. The predicted octanol–water partition coefficient (Wildman–Crippen LogP) is 0.107. The molecule has 1 amide bonds. The van der Waals surface area contributed by atoms with E-state index in [1.807, 2.05) is 11.8 Å². The van der Waals surface area contributed by atoms with E-state index >= 15 is 0 Å². The molecule has 0 spiro atoms. The number of aliphatic hydroxyl groups is 1. The van der Waals surface area contributed by atoms with Crippen molar-refractivity contribution in [2.45, 2.75) is 32.2 Å². The minimum absolute atomic E-state index is 0.0103. The molecule has 1 saturated heterocycles. The third kappa shape index (κ3) is 4.98. The van der Waals surface area contributed by atoms with Crippen LogP contribution in [0.1, 0.15) is 37.0 Å². The number of rotatable bonds is 7. The Kier molecular flexibility index (Phi) is 6.94. The first-order chi connectivity index (χ1) is 11.2. The third-order valence-corrected chi connectivity index (χ3v) is 4.16. The highest BCUT2D eigenvalue weighted by molar-refractivity contribution is 5.76. The quantitative estimate of drug-likeness (QED) is 0.691. The molecule has 0 saturated carbocycles. The molecular weight excluding hydrogens is 298 g/mol. The van der Waals surface area contributed by atoms with E-state index in [1.54, 1.807) is 7.11 Å². The van der Waals surface area contributed by atoms with Crippen molar-refractivity contribution < 1.29 is 14.6 Å². The molecule has 2 heterocycles. The number of H-pyrrole nitrogens is 1. The van der Waals surface area contributed by atoms with Gasteiger partial charge in [-0.1, -0.05) is 0 Å². The number of carbonyl (C=O) groups excluding carboxylic acids is 1. The Balaban J connectivity index is 2.06. The highest BCUT2D eigenvalue weighted by Crippen LogP contribution is 2.24. The summed E-state index contributed by atoms with van der Waals surface area (Å²) < 4.78 is 5.14. The molecule has 0 aromatic carbocycles. The van der Waals surface area contributed by atoms with Crippen LogP contribution in [-0.4, -0.2) is 82.5 Å². The standard InChI is InChI=1S/C15H27N5O3/c1-12-16-15(18-17-12)13-4-7-20(14(22)5-10-21)9-8-19(13)6-3-11-23-2/h13,21H,3-11H2,1-2H3,(H,16,17,18). The lowest BCUT2D eigenvalue weighted by atomic mass is 10.1. The SMILES string of the molecule is COCCCN1CCN(C(=O)CCO)CCC1c1n[nH]c(C)n1. The lowest BCUT2D eigenvalue weighted by molar-refractivity contribution is -0.131. The van der Waals surface area contributed by atoms with Crippen molar-refractivity contribution in [2.75, 3.05) is 46.5 Å². The number of methoxy groups -OCH3 is 1. The van der Waals surface area contributed by atoms with Gasteiger partial charge < -0.3 is 14.7 Å². The molecule has 2 N–H and O–H groups in total. The highest BCUT2D eigenvalue weighted by atomic mass is 16.5. The number of carbonyl (C=O) groups is 1. The average molecular weight is 325 g/mol. The molecule has 2 rings (SSSR count). The fraction of sp³-hybridized carbons (Fsp3) is 0.800. The second-order valence-electron chi connectivity index (χ2n) is 5.82. The van der Waals surface area contributed by atoms with Gasteiger partial charge in [0.1, 0.15) is 5.82 Å². The number of aliphatic hydroxyl groups excluding tert-OH is 1. The molecule has 1 aromatic rings. The maximum Gasteiger partial charge on any atom is 0.224 e. The van der Waals surface area contributed by atoms with Crippen molar-refractivity contribution in [3.63, 3.8) is 0 Å². The summed E-state index contributed by atoms with van der Waals surface area (Å²) in [4.78, 5) is 20.7. The monoisotopic (exact) mass is 325 g/mol. The zero-order valence-corrected chi connectivity index (χ0v) is 14.0. The summed E-state index contributed by atoms with van der Waals surface area (Å²) in [5.41, 5.74) is 0. The Hall–Kier alpha value is -1.51. The van der Waals surface area contributed by atoms with Gasteiger partial charge in [0.05, 0.1) is 12.6 Å². The van der Waals surface area contributed by atoms with E-state index in [2.05, 4.69) is 20.1 Å². The number of ether oxygens (including phenoxy) is 1. The molecule has 1 atom stereocenters. The Bertz CT molecular complexity index is 493. The van der Waals surface area contributed by atoms with Gasteiger partial charge in [-0.15, -0.1) is 0 Å². The topological polar surface area (TPSA) is 94.6 Å². The second-order valence-corrected chi connectivity index (χ2v) is 5.82. The summed E-state index contributed by atoms with van der Waals surface area (Å²) in [5.74, 6) is 1.60. The number of hydrogen-bond acceptors (Lipinski definition) is 6. The summed E-state index contributed by atoms with van der Waals surface area (Å²) in [6.07, 6.45) is 1.91. The van der Waals surface area contributed by atoms with E-state index < -0.39 is 0 Å². The van der Waals surface area contributed by atoms with Gasteiger partial charge in [0, 0.05) is 46.3 Å². The third-order valence-electron chi connectivity index (χ3n) is 4.16. The fourth-order valence-corrected chi connectivity index (χ4v) is 2.96. The van der Waals surface area contributed by atoms with Crippen LogP contribution in [0.25, 0.3) is 0 Å². The van der Waals surface area contributed by atoms with Crippen molar-refractivity contribution in [2.24, 2.45) is 0 Å². The van der Waals surface area contributed by atoms with Crippen LogP contribution in [-0.2, 0) is 9.53 Å². The molecular formula is C15H27N5O3.